The Bertz CT molecular complexity index is 1590. The number of aromatic nitrogens is 1. The first-order valence-corrected chi connectivity index (χ1v) is 13.0. The average molecular weight is 570 g/mol. The molecule has 0 saturated carbocycles. The van der Waals surface area contributed by atoms with E-state index in [1.165, 1.54) is 11.3 Å². The molecule has 3 heterocycles. The van der Waals surface area contributed by atoms with Gasteiger partial charge in [0.25, 0.3) is 5.56 Å². The number of halogens is 1. The maximum absolute atomic E-state index is 13.8. The zero-order valence-electron chi connectivity index (χ0n) is 20.2. The van der Waals surface area contributed by atoms with Gasteiger partial charge in [-0.2, -0.15) is 0 Å². The van der Waals surface area contributed by atoms with Gasteiger partial charge in [-0.1, -0.05) is 23.5 Å². The van der Waals surface area contributed by atoms with Gasteiger partial charge in [0.05, 0.1) is 34.1 Å². The Morgan fingerprint density at radius 2 is 2.03 bits per heavy atom. The number of carbonyl (C=O) groups is 1. The van der Waals surface area contributed by atoms with Crippen molar-refractivity contribution in [1.82, 2.24) is 4.57 Å². The monoisotopic (exact) mass is 569 g/mol. The molecule has 5 rings (SSSR count). The van der Waals surface area contributed by atoms with E-state index in [-0.39, 0.29) is 19.0 Å². The summed E-state index contributed by atoms with van der Waals surface area (Å²) in [6.07, 6.45) is 1.84. The van der Waals surface area contributed by atoms with Crippen LogP contribution in [0.2, 0.25) is 0 Å². The Kier molecular flexibility index (Phi) is 6.48. The highest BCUT2D eigenvalue weighted by molar-refractivity contribution is 9.10. The lowest BCUT2D eigenvalue weighted by Crippen LogP contribution is -2.39. The molecule has 1 aromatic heterocycles. The minimum absolute atomic E-state index is 0.128. The lowest BCUT2D eigenvalue weighted by Gasteiger charge is -2.24. The molecule has 0 fully saturated rings. The number of rotatable bonds is 5. The maximum Gasteiger partial charge on any atom is 0.338 e. The Balaban J connectivity index is 1.69. The van der Waals surface area contributed by atoms with Crippen LogP contribution in [0, 0.1) is 0 Å². The fourth-order valence-corrected chi connectivity index (χ4v) is 6.11. The summed E-state index contributed by atoms with van der Waals surface area (Å²) >= 11 is 4.90. The summed E-state index contributed by atoms with van der Waals surface area (Å²) in [6, 6.07) is 10.6. The van der Waals surface area contributed by atoms with Crippen molar-refractivity contribution < 1.29 is 19.0 Å². The average Bonchev–Trinajstić information content (AvgIpc) is 3.42. The number of esters is 1. The van der Waals surface area contributed by atoms with Crippen LogP contribution in [-0.2, 0) is 9.53 Å². The third kappa shape index (κ3) is 4.24. The van der Waals surface area contributed by atoms with Gasteiger partial charge in [-0.3, -0.25) is 9.36 Å². The van der Waals surface area contributed by atoms with Crippen LogP contribution in [0.5, 0.6) is 11.5 Å². The van der Waals surface area contributed by atoms with Crippen LogP contribution >= 0.6 is 27.3 Å². The minimum atomic E-state index is -0.709. The molecule has 1 unspecified atom stereocenters. The fourth-order valence-electron chi connectivity index (χ4n) is 4.32. The van der Waals surface area contributed by atoms with Crippen molar-refractivity contribution in [1.29, 1.82) is 0 Å². The van der Waals surface area contributed by atoms with E-state index in [2.05, 4.69) is 20.9 Å². The molecular weight excluding hydrogens is 546 g/mol. The van der Waals surface area contributed by atoms with E-state index in [0.717, 1.165) is 15.7 Å². The molecule has 8 nitrogen and oxygen atoms in total. The van der Waals surface area contributed by atoms with Crippen LogP contribution in [0.15, 0.2) is 61.9 Å². The van der Waals surface area contributed by atoms with Gasteiger partial charge in [0, 0.05) is 18.6 Å². The molecular formula is C26H24BrN3O5S. The summed E-state index contributed by atoms with van der Waals surface area (Å²) in [5.74, 6) is 0.688. The van der Waals surface area contributed by atoms with Crippen molar-refractivity contribution in [2.24, 2.45) is 4.99 Å². The van der Waals surface area contributed by atoms with E-state index in [1.807, 2.05) is 49.3 Å². The molecule has 0 radical (unpaired) electrons. The number of nitrogens with zero attached hydrogens (tertiary/aromatic N) is 3. The van der Waals surface area contributed by atoms with Crippen molar-refractivity contribution in [2.75, 3.05) is 32.4 Å². The molecule has 0 bridgehead atoms. The molecule has 1 atom stereocenters. The van der Waals surface area contributed by atoms with Crippen molar-refractivity contribution in [3.05, 3.63) is 83.0 Å². The number of thiazole rings is 1. The van der Waals surface area contributed by atoms with Crippen LogP contribution in [0.4, 0.5) is 5.69 Å². The highest BCUT2D eigenvalue weighted by Crippen LogP contribution is 2.38. The Morgan fingerprint density at radius 3 is 2.75 bits per heavy atom. The summed E-state index contributed by atoms with van der Waals surface area (Å²) in [4.78, 5) is 34.0. The van der Waals surface area contributed by atoms with Crippen molar-refractivity contribution in [3.63, 3.8) is 0 Å². The third-order valence-corrected chi connectivity index (χ3v) is 7.60. The Morgan fingerprint density at radius 1 is 1.25 bits per heavy atom. The molecule has 2 aromatic carbocycles. The second-order valence-electron chi connectivity index (χ2n) is 8.52. The van der Waals surface area contributed by atoms with E-state index in [1.54, 1.807) is 30.5 Å². The van der Waals surface area contributed by atoms with E-state index in [0.29, 0.717) is 37.7 Å². The molecule has 3 aromatic rings. The number of anilines is 1. The fraction of sp³-hybridized carbons (Fsp3) is 0.269. The van der Waals surface area contributed by atoms with Crippen LogP contribution in [0.25, 0.3) is 6.08 Å². The zero-order valence-corrected chi connectivity index (χ0v) is 22.6. The Labute approximate surface area is 219 Å². The smallest absolute Gasteiger partial charge is 0.338 e. The van der Waals surface area contributed by atoms with Crippen LogP contribution in [0.3, 0.4) is 0 Å². The van der Waals surface area contributed by atoms with E-state index in [9.17, 15) is 9.59 Å². The highest BCUT2D eigenvalue weighted by atomic mass is 79.9. The number of ether oxygens (including phenoxy) is 3. The molecule has 0 amide bonds. The first-order chi connectivity index (χ1) is 17.3. The van der Waals surface area contributed by atoms with E-state index >= 15 is 0 Å². The predicted molar refractivity (Wildman–Crippen MR) is 141 cm³/mol. The molecule has 0 spiro atoms. The van der Waals surface area contributed by atoms with Gasteiger partial charge in [0.2, 0.25) is 6.79 Å². The topological polar surface area (TPSA) is 82.4 Å². The molecule has 10 heteroatoms. The Hall–Kier alpha value is -3.37. The number of fused-ring (bicyclic) bond motifs is 2. The summed E-state index contributed by atoms with van der Waals surface area (Å²) in [5, 5.41) is 0. The van der Waals surface area contributed by atoms with Gasteiger partial charge in [0.1, 0.15) is 0 Å². The maximum atomic E-state index is 13.8. The standard InChI is InChI=1S/C26H24BrN3O5S/c1-5-33-25(32)22-14(2)28-26-30(23(22)16-7-9-19-20(12-16)35-13-34-19)24(31)21(36-26)11-15-6-8-18(29(3)4)17(27)10-15/h6-12,23H,5,13H2,1-4H3/b21-11-. The molecule has 2 aliphatic rings. The molecule has 2 aliphatic heterocycles. The SMILES string of the molecule is CCOC(=O)C1=C(C)N=c2s/c(=C\c3ccc(N(C)C)c(Br)c3)c(=O)n2C1c1ccc2c(c1)OCO2. The number of hydrogen-bond acceptors (Lipinski definition) is 8. The number of carbonyl (C=O) groups excluding carboxylic acids is 1. The summed E-state index contributed by atoms with van der Waals surface area (Å²) in [5.41, 5.74) is 3.23. The molecule has 0 saturated heterocycles. The van der Waals surface area contributed by atoms with Gasteiger partial charge >= 0.3 is 5.97 Å². The quantitative estimate of drug-likeness (QED) is 0.438. The van der Waals surface area contributed by atoms with Gasteiger partial charge < -0.3 is 19.1 Å². The second kappa shape index (κ2) is 9.59. The van der Waals surface area contributed by atoms with Crippen molar-refractivity contribution >= 4 is 45.0 Å². The molecule has 36 heavy (non-hydrogen) atoms. The highest BCUT2D eigenvalue weighted by Gasteiger charge is 2.34. The van der Waals surface area contributed by atoms with Gasteiger partial charge in [0.15, 0.2) is 16.3 Å². The van der Waals surface area contributed by atoms with E-state index < -0.39 is 12.0 Å². The zero-order chi connectivity index (χ0) is 25.6. The summed E-state index contributed by atoms with van der Waals surface area (Å²) in [6.45, 7) is 3.85. The molecule has 0 aliphatic carbocycles. The van der Waals surface area contributed by atoms with Crippen LogP contribution in [-0.4, -0.2) is 38.0 Å². The lowest BCUT2D eigenvalue weighted by molar-refractivity contribution is -0.139. The third-order valence-electron chi connectivity index (χ3n) is 5.98. The predicted octanol–water partition coefficient (Wildman–Crippen LogP) is 3.36. The second-order valence-corrected chi connectivity index (χ2v) is 10.4. The van der Waals surface area contributed by atoms with Gasteiger partial charge in [-0.15, -0.1) is 0 Å². The van der Waals surface area contributed by atoms with Crippen LogP contribution in [0.1, 0.15) is 31.0 Å². The van der Waals surface area contributed by atoms with Gasteiger partial charge in [-0.05, 0) is 71.2 Å². The first-order valence-electron chi connectivity index (χ1n) is 11.3. The van der Waals surface area contributed by atoms with Crippen molar-refractivity contribution in [2.45, 2.75) is 19.9 Å². The largest absolute Gasteiger partial charge is 0.463 e. The number of benzene rings is 2. The number of allylic oxidation sites excluding steroid dienone is 1. The van der Waals surface area contributed by atoms with Gasteiger partial charge in [-0.25, -0.2) is 9.79 Å². The summed E-state index contributed by atoms with van der Waals surface area (Å²) in [7, 11) is 3.94. The van der Waals surface area contributed by atoms with Crippen molar-refractivity contribution in [3.8, 4) is 11.5 Å². The summed E-state index contributed by atoms with van der Waals surface area (Å²) < 4.78 is 19.4. The minimum Gasteiger partial charge on any atom is -0.463 e. The lowest BCUT2D eigenvalue weighted by atomic mass is 9.95. The molecule has 186 valence electrons. The molecule has 0 N–H and O–H groups in total. The number of hydrogen-bond donors (Lipinski definition) is 0. The van der Waals surface area contributed by atoms with E-state index in [4.69, 9.17) is 14.2 Å². The van der Waals surface area contributed by atoms with Crippen LogP contribution < -0.4 is 29.3 Å². The first kappa shape index (κ1) is 24.3. The normalized spacial score (nSPS) is 16.6.